The average molecular weight is 763 g/mol. The van der Waals surface area contributed by atoms with Crippen LogP contribution in [0.5, 0.6) is 5.75 Å². The molecule has 4 unspecified atom stereocenters. The summed E-state index contributed by atoms with van der Waals surface area (Å²) in [6, 6.07) is 23.6. The molecule has 4 aromatic rings. The van der Waals surface area contributed by atoms with Crippen LogP contribution in [0.3, 0.4) is 0 Å². The summed E-state index contributed by atoms with van der Waals surface area (Å²) in [7, 11) is 0.119. The zero-order valence-electron chi connectivity index (χ0n) is 32.6. The van der Waals surface area contributed by atoms with Crippen LogP contribution in [0.25, 0.3) is 22.2 Å². The van der Waals surface area contributed by atoms with Gasteiger partial charge in [-0.25, -0.2) is 13.1 Å². The van der Waals surface area contributed by atoms with Gasteiger partial charge in [0.1, 0.15) is 5.75 Å². The van der Waals surface area contributed by atoms with Crippen LogP contribution in [0.15, 0.2) is 66.7 Å². The molecule has 2 amide bonds. The Morgan fingerprint density at radius 3 is 2.36 bits per heavy atom. The first-order valence-electron chi connectivity index (χ1n) is 20.5. The van der Waals surface area contributed by atoms with Gasteiger partial charge in [-0.05, 0) is 119 Å². The maximum atomic E-state index is 15.4. The van der Waals surface area contributed by atoms with Crippen molar-refractivity contribution in [1.29, 1.82) is 0 Å². The van der Waals surface area contributed by atoms with Crippen molar-refractivity contribution in [2.45, 2.75) is 126 Å². The van der Waals surface area contributed by atoms with E-state index in [0.29, 0.717) is 24.1 Å². The standard InChI is InChI=1S/C45H54N4O5S/c1-28(2)55(52,53)46-43(50)31-15-19-37-40(21-31)48-27-45(44(51)49-32-16-17-33(49)23-34(22-32)47(3)26-29-11-7-5-8-12-29)25-39(45)38-24-35(54-4)18-20-36(38)42(48)41(37)30-13-9-6-10-14-30/h5,7-8,11-12,15,18-21,24,28,30,32-34,39H,6,9-10,13-14,16-17,22-23,25-27H2,1-4H3,(H,46,50). The molecule has 290 valence electrons. The molecule has 1 aromatic heterocycles. The number of sulfonamides is 1. The lowest BCUT2D eigenvalue weighted by Gasteiger charge is -2.44. The molecule has 4 heterocycles. The van der Waals surface area contributed by atoms with Crippen LogP contribution >= 0.6 is 0 Å². The van der Waals surface area contributed by atoms with E-state index in [9.17, 15) is 13.2 Å². The highest BCUT2D eigenvalue weighted by atomic mass is 32.2. The maximum Gasteiger partial charge on any atom is 0.264 e. The van der Waals surface area contributed by atoms with Gasteiger partial charge in [0.05, 0.1) is 23.5 Å². The molecule has 2 aliphatic carbocycles. The van der Waals surface area contributed by atoms with Crippen molar-refractivity contribution in [2.75, 3.05) is 14.2 Å². The fourth-order valence-electron chi connectivity index (χ4n) is 10.8. The minimum Gasteiger partial charge on any atom is -0.497 e. The van der Waals surface area contributed by atoms with Gasteiger partial charge in [0.15, 0.2) is 0 Å². The minimum atomic E-state index is -3.82. The molecule has 10 heteroatoms. The Morgan fingerprint density at radius 2 is 1.67 bits per heavy atom. The summed E-state index contributed by atoms with van der Waals surface area (Å²) in [5.74, 6) is 0.847. The van der Waals surface area contributed by atoms with Crippen LogP contribution in [0.2, 0.25) is 0 Å². The molecule has 4 fully saturated rings. The Balaban J connectivity index is 1.13. The van der Waals surface area contributed by atoms with Gasteiger partial charge >= 0.3 is 0 Å². The van der Waals surface area contributed by atoms with Gasteiger partial charge in [0.2, 0.25) is 15.9 Å². The van der Waals surface area contributed by atoms with Crippen LogP contribution < -0.4 is 9.46 Å². The van der Waals surface area contributed by atoms with Crippen LogP contribution in [0.4, 0.5) is 0 Å². The number of benzene rings is 3. The van der Waals surface area contributed by atoms with Crippen molar-refractivity contribution < 1.29 is 22.7 Å². The SMILES string of the molecule is COc1ccc2c(c1)C1CC1(C(=O)N1C3CCC1CC(N(C)Cc1ccccc1)C3)Cn1c-2c(C2CCCCC2)c2ccc(C(=O)NS(=O)(=O)C(C)C)cc21. The van der Waals surface area contributed by atoms with Crippen LogP contribution in [-0.4, -0.2) is 72.1 Å². The van der Waals surface area contributed by atoms with E-state index in [4.69, 9.17) is 4.74 Å². The van der Waals surface area contributed by atoms with Crippen molar-refractivity contribution in [3.05, 3.63) is 89.0 Å². The Hall–Kier alpha value is -4.15. The smallest absolute Gasteiger partial charge is 0.264 e. The topological polar surface area (TPSA) is 101 Å². The van der Waals surface area contributed by atoms with E-state index in [2.05, 4.69) is 68.6 Å². The summed E-state index contributed by atoms with van der Waals surface area (Å²) in [5, 5.41) is 0.356. The molecular weight excluding hydrogens is 709 g/mol. The highest BCUT2D eigenvalue weighted by Gasteiger charge is 2.65. The van der Waals surface area contributed by atoms with Crippen molar-refractivity contribution in [3.63, 3.8) is 0 Å². The number of carbonyl (C=O) groups is 2. The third-order valence-electron chi connectivity index (χ3n) is 13.9. The molecule has 2 saturated heterocycles. The molecule has 2 saturated carbocycles. The number of aromatic nitrogens is 1. The lowest BCUT2D eigenvalue weighted by molar-refractivity contribution is -0.143. The van der Waals surface area contributed by atoms with Gasteiger partial charge in [-0.1, -0.05) is 55.7 Å². The van der Waals surface area contributed by atoms with Gasteiger partial charge in [-0.2, -0.15) is 0 Å². The van der Waals surface area contributed by atoms with Crippen LogP contribution in [0.1, 0.15) is 117 Å². The van der Waals surface area contributed by atoms with E-state index < -0.39 is 26.6 Å². The fourth-order valence-corrected chi connectivity index (χ4v) is 11.4. The second kappa shape index (κ2) is 13.8. The van der Waals surface area contributed by atoms with E-state index in [0.717, 1.165) is 79.4 Å². The van der Waals surface area contributed by atoms with Gasteiger partial charge < -0.3 is 14.2 Å². The largest absolute Gasteiger partial charge is 0.497 e. The number of carbonyl (C=O) groups excluding carboxylic acids is 2. The van der Waals surface area contributed by atoms with E-state index in [1.165, 1.54) is 36.0 Å². The third kappa shape index (κ3) is 6.18. The first kappa shape index (κ1) is 36.5. The molecule has 9 nitrogen and oxygen atoms in total. The highest BCUT2D eigenvalue weighted by molar-refractivity contribution is 7.90. The predicted molar refractivity (Wildman–Crippen MR) is 216 cm³/mol. The zero-order valence-corrected chi connectivity index (χ0v) is 33.4. The Kier molecular flexibility index (Phi) is 9.15. The maximum absolute atomic E-state index is 15.4. The number of fused-ring (bicyclic) bond motifs is 9. The van der Waals surface area contributed by atoms with Crippen molar-refractivity contribution in [2.24, 2.45) is 5.41 Å². The number of rotatable bonds is 9. The van der Waals surface area contributed by atoms with Gasteiger partial charge in [-0.3, -0.25) is 14.5 Å². The molecule has 1 N–H and O–H groups in total. The van der Waals surface area contributed by atoms with E-state index >= 15 is 4.79 Å². The summed E-state index contributed by atoms with van der Waals surface area (Å²) in [5.41, 5.74) is 6.67. The molecule has 3 aliphatic heterocycles. The Labute approximate surface area is 325 Å². The second-order valence-electron chi connectivity index (χ2n) is 17.4. The first-order chi connectivity index (χ1) is 26.5. The molecule has 9 rings (SSSR count). The lowest BCUT2D eigenvalue weighted by Crippen LogP contribution is -2.54. The number of nitrogens with zero attached hydrogens (tertiary/aromatic N) is 3. The summed E-state index contributed by atoms with van der Waals surface area (Å²) in [4.78, 5) is 33.8. The van der Waals surface area contributed by atoms with E-state index in [1.54, 1.807) is 27.0 Å². The van der Waals surface area contributed by atoms with Crippen molar-refractivity contribution in [3.8, 4) is 17.0 Å². The minimum absolute atomic E-state index is 0.0554. The number of hydrogen-bond donors (Lipinski definition) is 1. The van der Waals surface area contributed by atoms with Crippen LogP contribution in [0, 0.1) is 5.41 Å². The predicted octanol–water partition coefficient (Wildman–Crippen LogP) is 7.97. The van der Waals surface area contributed by atoms with E-state index in [-0.39, 0.29) is 23.9 Å². The lowest BCUT2D eigenvalue weighted by atomic mass is 9.81. The van der Waals surface area contributed by atoms with Gasteiger partial charge in [0, 0.05) is 59.2 Å². The van der Waals surface area contributed by atoms with Crippen molar-refractivity contribution >= 4 is 32.7 Å². The molecule has 0 radical (unpaired) electrons. The molecule has 0 spiro atoms. The number of nitrogens with one attached hydrogen (secondary N) is 1. The average Bonchev–Trinajstić information content (AvgIpc) is 3.78. The first-order valence-corrected chi connectivity index (χ1v) is 22.0. The summed E-state index contributed by atoms with van der Waals surface area (Å²) < 4.78 is 36.0. The highest BCUT2D eigenvalue weighted by Crippen LogP contribution is 2.67. The zero-order chi connectivity index (χ0) is 38.2. The molecule has 5 aliphatic rings. The van der Waals surface area contributed by atoms with Gasteiger partial charge in [0.25, 0.3) is 5.91 Å². The number of piperidine rings is 1. The normalized spacial score (nSPS) is 26.0. The van der Waals surface area contributed by atoms with Gasteiger partial charge in [-0.15, -0.1) is 0 Å². The number of methoxy groups -OCH3 is 1. The Morgan fingerprint density at radius 1 is 0.945 bits per heavy atom. The molecule has 55 heavy (non-hydrogen) atoms. The summed E-state index contributed by atoms with van der Waals surface area (Å²) >= 11 is 0. The molecule has 4 atom stereocenters. The molecular formula is C45H54N4O5S. The fraction of sp³-hybridized carbons (Fsp3) is 0.511. The van der Waals surface area contributed by atoms with Crippen LogP contribution in [-0.2, 0) is 27.9 Å². The number of ether oxygens (including phenoxy) is 1. The monoisotopic (exact) mass is 762 g/mol. The number of amides is 2. The van der Waals surface area contributed by atoms with E-state index in [1.807, 2.05) is 18.2 Å². The summed E-state index contributed by atoms with van der Waals surface area (Å²) in [6.07, 6.45) is 10.6. The van der Waals surface area contributed by atoms with Crippen molar-refractivity contribution in [1.82, 2.24) is 19.1 Å². The molecule has 2 bridgehead atoms. The Bertz CT molecular complexity index is 2250. The number of hydrogen-bond acceptors (Lipinski definition) is 6. The quantitative estimate of drug-likeness (QED) is 0.186. The second-order valence-corrected chi connectivity index (χ2v) is 19.7. The summed E-state index contributed by atoms with van der Waals surface area (Å²) in [6.45, 7) is 4.55. The third-order valence-corrected chi connectivity index (χ3v) is 15.6. The molecule has 3 aromatic carbocycles.